The van der Waals surface area contributed by atoms with Crippen molar-refractivity contribution in [1.29, 1.82) is 0 Å². The molecule has 0 aromatic heterocycles. The molecule has 3 rings (SSSR count). The molecule has 0 bridgehead atoms. The summed E-state index contributed by atoms with van der Waals surface area (Å²) < 4.78 is 5.59. The molecule has 1 amide bonds. The first-order valence-corrected chi connectivity index (χ1v) is 9.18. The van der Waals surface area contributed by atoms with E-state index in [0.717, 1.165) is 18.8 Å². The largest absolute Gasteiger partial charge is 0.492 e. The van der Waals surface area contributed by atoms with E-state index in [4.69, 9.17) is 10.5 Å². The average molecular weight is 390 g/mol. The molecule has 6 heteroatoms. The summed E-state index contributed by atoms with van der Waals surface area (Å²) in [4.78, 5) is 14.4. The van der Waals surface area contributed by atoms with Gasteiger partial charge in [0, 0.05) is 19.0 Å². The molecule has 0 aliphatic carbocycles. The van der Waals surface area contributed by atoms with E-state index in [1.54, 1.807) is 0 Å². The topological polar surface area (TPSA) is 67.6 Å². The first-order valence-electron chi connectivity index (χ1n) is 9.18. The summed E-state index contributed by atoms with van der Waals surface area (Å²) in [6.07, 6.45) is 0. The van der Waals surface area contributed by atoms with E-state index in [1.165, 1.54) is 5.56 Å². The van der Waals surface area contributed by atoms with Crippen molar-refractivity contribution in [2.24, 2.45) is 11.7 Å². The smallest absolute Gasteiger partial charge is 0.234 e. The molecule has 2 aromatic rings. The van der Waals surface area contributed by atoms with E-state index in [1.807, 2.05) is 36.4 Å². The predicted molar refractivity (Wildman–Crippen MR) is 110 cm³/mol. The van der Waals surface area contributed by atoms with E-state index in [9.17, 15) is 4.79 Å². The van der Waals surface area contributed by atoms with Gasteiger partial charge in [-0.3, -0.25) is 9.69 Å². The fourth-order valence-electron chi connectivity index (χ4n) is 3.54. The highest BCUT2D eigenvalue weighted by Gasteiger charge is 2.33. The van der Waals surface area contributed by atoms with E-state index >= 15 is 0 Å². The molecule has 146 valence electrons. The lowest BCUT2D eigenvalue weighted by Gasteiger charge is -2.16. The van der Waals surface area contributed by atoms with Crippen LogP contribution in [-0.2, 0) is 4.79 Å². The second kappa shape index (κ2) is 10.9. The van der Waals surface area contributed by atoms with Gasteiger partial charge >= 0.3 is 0 Å². The van der Waals surface area contributed by atoms with Crippen molar-refractivity contribution < 1.29 is 9.53 Å². The molecule has 0 unspecified atom stereocenters. The lowest BCUT2D eigenvalue weighted by molar-refractivity contribution is -0.122. The normalized spacial score (nSPS) is 19.3. The number of likely N-dealkylation sites (tertiary alicyclic amines) is 1. The van der Waals surface area contributed by atoms with E-state index in [0.29, 0.717) is 38.1 Å². The Labute approximate surface area is 167 Å². The highest BCUT2D eigenvalue weighted by Crippen LogP contribution is 2.31. The van der Waals surface area contributed by atoms with Crippen molar-refractivity contribution in [3.05, 3.63) is 66.2 Å². The molecule has 1 aliphatic rings. The van der Waals surface area contributed by atoms with Crippen LogP contribution in [0, 0.1) is 5.92 Å². The van der Waals surface area contributed by atoms with Crippen LogP contribution >= 0.6 is 12.4 Å². The van der Waals surface area contributed by atoms with Crippen LogP contribution in [0.25, 0.3) is 0 Å². The van der Waals surface area contributed by atoms with E-state index in [-0.39, 0.29) is 18.3 Å². The first kappa shape index (κ1) is 21.2. The molecule has 27 heavy (non-hydrogen) atoms. The van der Waals surface area contributed by atoms with Crippen molar-refractivity contribution >= 4 is 18.3 Å². The molecule has 1 aliphatic heterocycles. The number of carbonyl (C=O) groups is 1. The third-order valence-electron chi connectivity index (χ3n) is 4.85. The zero-order valence-corrected chi connectivity index (χ0v) is 16.2. The number of amides is 1. The number of benzene rings is 2. The molecule has 1 saturated heterocycles. The minimum atomic E-state index is 0. The number of nitrogens with zero attached hydrogens (tertiary/aromatic N) is 1. The van der Waals surface area contributed by atoms with Crippen LogP contribution in [0.3, 0.4) is 0 Å². The first-order chi connectivity index (χ1) is 12.8. The monoisotopic (exact) mass is 389 g/mol. The number of carbonyl (C=O) groups excluding carboxylic acids is 1. The van der Waals surface area contributed by atoms with Crippen LogP contribution in [-0.4, -0.2) is 50.1 Å². The number of nitrogens with one attached hydrogen (secondary N) is 1. The molecule has 2 atom stereocenters. The molecule has 0 saturated carbocycles. The molecule has 1 fully saturated rings. The van der Waals surface area contributed by atoms with E-state index < -0.39 is 0 Å². The number of rotatable bonds is 8. The van der Waals surface area contributed by atoms with Gasteiger partial charge in [0.05, 0.1) is 13.1 Å². The number of nitrogens with two attached hydrogens (primary N) is 1. The van der Waals surface area contributed by atoms with Gasteiger partial charge in [-0.1, -0.05) is 48.5 Å². The minimum absolute atomic E-state index is 0. The molecular weight excluding hydrogens is 362 g/mol. The van der Waals surface area contributed by atoms with Crippen molar-refractivity contribution in [3.8, 4) is 5.75 Å². The standard InChI is InChI=1S/C21H27N3O2.ClH/c22-13-18-14-24(15-20(18)17-7-3-1-4-8-17)16-21(25)23-11-12-26-19-9-5-2-6-10-19;/h1-10,18,20H,11-16,22H2,(H,23,25);1H/t18-,20+;/m1./s1. The summed E-state index contributed by atoms with van der Waals surface area (Å²) in [5, 5.41) is 2.93. The fourth-order valence-corrected chi connectivity index (χ4v) is 3.54. The Balaban J connectivity index is 0.00000261. The maximum Gasteiger partial charge on any atom is 0.234 e. The molecule has 2 aromatic carbocycles. The fraction of sp³-hybridized carbons (Fsp3) is 0.381. The molecule has 1 heterocycles. The van der Waals surface area contributed by atoms with Gasteiger partial charge in [-0.15, -0.1) is 12.4 Å². The van der Waals surface area contributed by atoms with Gasteiger partial charge in [0.2, 0.25) is 5.91 Å². The number of ether oxygens (including phenoxy) is 1. The average Bonchev–Trinajstić information content (AvgIpc) is 3.09. The highest BCUT2D eigenvalue weighted by atomic mass is 35.5. The van der Waals surface area contributed by atoms with Crippen LogP contribution in [0.15, 0.2) is 60.7 Å². The summed E-state index contributed by atoms with van der Waals surface area (Å²) >= 11 is 0. The number of hydrogen-bond acceptors (Lipinski definition) is 4. The second-order valence-electron chi connectivity index (χ2n) is 6.72. The molecule has 3 N–H and O–H groups in total. The lowest BCUT2D eigenvalue weighted by Crippen LogP contribution is -2.38. The summed E-state index contributed by atoms with van der Waals surface area (Å²) in [6, 6.07) is 20.1. The van der Waals surface area contributed by atoms with Crippen LogP contribution < -0.4 is 15.8 Å². The van der Waals surface area contributed by atoms with Crippen LogP contribution in [0.5, 0.6) is 5.75 Å². The summed E-state index contributed by atoms with van der Waals surface area (Å²) in [5.74, 6) is 1.64. The predicted octanol–water partition coefficient (Wildman–Crippen LogP) is 2.28. The molecule has 5 nitrogen and oxygen atoms in total. The van der Waals surface area contributed by atoms with Crippen LogP contribution in [0.1, 0.15) is 11.5 Å². The second-order valence-corrected chi connectivity index (χ2v) is 6.72. The van der Waals surface area contributed by atoms with Gasteiger partial charge in [0.15, 0.2) is 0 Å². The number of para-hydroxylation sites is 1. The van der Waals surface area contributed by atoms with Gasteiger partial charge in [-0.05, 0) is 30.2 Å². The summed E-state index contributed by atoms with van der Waals surface area (Å²) in [5.41, 5.74) is 7.27. The van der Waals surface area contributed by atoms with Crippen molar-refractivity contribution in [1.82, 2.24) is 10.2 Å². The van der Waals surface area contributed by atoms with Crippen molar-refractivity contribution in [3.63, 3.8) is 0 Å². The number of hydrogen-bond donors (Lipinski definition) is 2. The van der Waals surface area contributed by atoms with Gasteiger partial charge < -0.3 is 15.8 Å². The van der Waals surface area contributed by atoms with Gasteiger partial charge in [-0.25, -0.2) is 0 Å². The van der Waals surface area contributed by atoms with Gasteiger partial charge in [0.25, 0.3) is 0 Å². The minimum Gasteiger partial charge on any atom is -0.492 e. The molecule has 0 spiro atoms. The quantitative estimate of drug-likeness (QED) is 0.680. The van der Waals surface area contributed by atoms with Gasteiger partial charge in [-0.2, -0.15) is 0 Å². The van der Waals surface area contributed by atoms with Crippen molar-refractivity contribution in [2.45, 2.75) is 5.92 Å². The Morgan fingerprint density at radius 2 is 1.74 bits per heavy atom. The SMILES string of the molecule is Cl.NC[C@@H]1CN(CC(=O)NCCOc2ccccc2)C[C@H]1c1ccccc1. The Morgan fingerprint density at radius 1 is 1.07 bits per heavy atom. The Kier molecular flexibility index (Phi) is 8.58. The Bertz CT molecular complexity index is 684. The number of halogens is 1. The van der Waals surface area contributed by atoms with Crippen molar-refractivity contribution in [2.75, 3.05) is 39.3 Å². The highest BCUT2D eigenvalue weighted by molar-refractivity contribution is 5.85. The zero-order chi connectivity index (χ0) is 18.2. The molecular formula is C21H28ClN3O2. The maximum atomic E-state index is 12.2. The summed E-state index contributed by atoms with van der Waals surface area (Å²) in [6.45, 7) is 3.76. The maximum absolute atomic E-state index is 12.2. The lowest BCUT2D eigenvalue weighted by atomic mass is 9.89. The van der Waals surface area contributed by atoms with Gasteiger partial charge in [0.1, 0.15) is 12.4 Å². The molecule has 0 radical (unpaired) electrons. The Hall–Kier alpha value is -2.08. The van der Waals surface area contributed by atoms with Crippen LogP contribution in [0.4, 0.5) is 0 Å². The third-order valence-corrected chi connectivity index (χ3v) is 4.85. The third kappa shape index (κ3) is 6.24. The van der Waals surface area contributed by atoms with E-state index in [2.05, 4.69) is 34.5 Å². The summed E-state index contributed by atoms with van der Waals surface area (Å²) in [7, 11) is 0. The zero-order valence-electron chi connectivity index (χ0n) is 15.4. The van der Waals surface area contributed by atoms with Crippen LogP contribution in [0.2, 0.25) is 0 Å². The Morgan fingerprint density at radius 3 is 2.41 bits per heavy atom.